The molecule has 4 heteroatoms. The highest BCUT2D eigenvalue weighted by Gasteiger charge is 2.28. The second-order valence-electron chi connectivity index (χ2n) is 1.92. The fraction of sp³-hybridized carbons (Fsp3) is 0.800. The summed E-state index contributed by atoms with van der Waals surface area (Å²) in [6.07, 6.45) is -2.46. The van der Waals surface area contributed by atoms with E-state index in [0.29, 0.717) is 0 Å². The van der Waals surface area contributed by atoms with Crippen LogP contribution in [-0.4, -0.2) is 35.0 Å². The Morgan fingerprint density at radius 2 is 2.22 bits per heavy atom. The summed E-state index contributed by atoms with van der Waals surface area (Å²) in [6, 6.07) is 0. The fourth-order valence-electron chi connectivity index (χ4n) is 0.678. The first-order valence-electron chi connectivity index (χ1n) is 2.72. The molecule has 1 aliphatic rings. The highest BCUT2D eigenvalue weighted by molar-refractivity contribution is 5.83. The Balaban J connectivity index is 2.51. The van der Waals surface area contributed by atoms with E-state index < -0.39 is 12.4 Å². The molecule has 0 radical (unpaired) electrons. The van der Waals surface area contributed by atoms with E-state index in [1.54, 1.807) is 0 Å². The van der Waals surface area contributed by atoms with Gasteiger partial charge in [-0.2, -0.15) is 0 Å². The molecule has 1 aliphatic heterocycles. The van der Waals surface area contributed by atoms with Crippen molar-refractivity contribution in [3.05, 3.63) is 0 Å². The number of aliphatic hydroxyl groups excluding tert-OH is 2. The predicted molar refractivity (Wildman–Crippen MR) is 27.6 cm³/mol. The molecule has 52 valence electrons. The smallest absolute Gasteiger partial charge is 0.188 e. The van der Waals surface area contributed by atoms with E-state index in [1.807, 2.05) is 0 Å². The van der Waals surface area contributed by atoms with Gasteiger partial charge in [0.15, 0.2) is 18.2 Å². The molecule has 0 aromatic carbocycles. The average molecular weight is 132 g/mol. The van der Waals surface area contributed by atoms with Crippen LogP contribution in [0.15, 0.2) is 0 Å². The van der Waals surface area contributed by atoms with Crippen LogP contribution in [0.1, 0.15) is 6.42 Å². The number of hydrogen-bond donors (Lipinski definition) is 2. The van der Waals surface area contributed by atoms with Gasteiger partial charge in [0.25, 0.3) is 0 Å². The van der Waals surface area contributed by atoms with Gasteiger partial charge in [-0.15, -0.1) is 0 Å². The molecule has 0 spiro atoms. The van der Waals surface area contributed by atoms with Gasteiger partial charge in [0.05, 0.1) is 6.61 Å². The summed E-state index contributed by atoms with van der Waals surface area (Å²) in [5.41, 5.74) is 0. The van der Waals surface area contributed by atoms with Crippen LogP contribution in [0.2, 0.25) is 0 Å². The zero-order valence-electron chi connectivity index (χ0n) is 4.78. The minimum absolute atomic E-state index is 0.193. The quantitative estimate of drug-likeness (QED) is 0.428. The van der Waals surface area contributed by atoms with Crippen molar-refractivity contribution in [1.82, 2.24) is 0 Å². The normalized spacial score (nSPS) is 36.9. The number of carbonyl (C=O) groups excluding carboxylic acids is 1. The molecule has 0 saturated carbocycles. The zero-order valence-corrected chi connectivity index (χ0v) is 4.78. The van der Waals surface area contributed by atoms with E-state index in [9.17, 15) is 4.79 Å². The summed E-state index contributed by atoms with van der Waals surface area (Å²) in [5, 5.41) is 17.4. The molecule has 1 heterocycles. The molecule has 0 aromatic rings. The van der Waals surface area contributed by atoms with E-state index in [2.05, 4.69) is 4.74 Å². The standard InChI is InChI=1S/C5H8O4/c6-3-1-2-9-5(8)4(3)7/h4-5,7-8H,1-2H2. The molecular weight excluding hydrogens is 124 g/mol. The summed E-state index contributed by atoms with van der Waals surface area (Å²) < 4.78 is 4.55. The molecule has 0 aliphatic carbocycles. The highest BCUT2D eigenvalue weighted by Crippen LogP contribution is 2.06. The third-order valence-electron chi connectivity index (χ3n) is 1.24. The molecule has 9 heavy (non-hydrogen) atoms. The summed E-state index contributed by atoms with van der Waals surface area (Å²) in [6.45, 7) is 0.205. The lowest BCUT2D eigenvalue weighted by Gasteiger charge is -2.21. The van der Waals surface area contributed by atoms with Crippen LogP contribution < -0.4 is 0 Å². The number of Topliss-reactive ketones (excluding diaryl/α,β-unsaturated/α-hetero) is 1. The van der Waals surface area contributed by atoms with Crippen molar-refractivity contribution in [3.8, 4) is 0 Å². The average Bonchev–Trinajstić information content (AvgIpc) is 1.83. The maximum absolute atomic E-state index is 10.5. The topological polar surface area (TPSA) is 66.8 Å². The maximum atomic E-state index is 10.5. The summed E-state index contributed by atoms with van der Waals surface area (Å²) in [4.78, 5) is 10.5. The molecule has 0 aromatic heterocycles. The third-order valence-corrected chi connectivity index (χ3v) is 1.24. The minimum Gasteiger partial charge on any atom is -0.380 e. The van der Waals surface area contributed by atoms with E-state index in [0.717, 1.165) is 0 Å². The Morgan fingerprint density at radius 3 is 2.67 bits per heavy atom. The van der Waals surface area contributed by atoms with Gasteiger partial charge in [-0.3, -0.25) is 4.79 Å². The Kier molecular flexibility index (Phi) is 1.80. The molecule has 1 rings (SSSR count). The van der Waals surface area contributed by atoms with Crippen molar-refractivity contribution in [1.29, 1.82) is 0 Å². The van der Waals surface area contributed by atoms with Crippen molar-refractivity contribution < 1.29 is 19.7 Å². The molecule has 0 bridgehead atoms. The number of ketones is 1. The van der Waals surface area contributed by atoms with Crippen LogP contribution in [0.4, 0.5) is 0 Å². The first kappa shape index (κ1) is 6.67. The van der Waals surface area contributed by atoms with Crippen LogP contribution in [0, 0.1) is 0 Å². The minimum atomic E-state index is -1.33. The number of hydrogen-bond acceptors (Lipinski definition) is 4. The molecule has 4 nitrogen and oxygen atoms in total. The molecule has 1 fully saturated rings. The first-order chi connectivity index (χ1) is 4.22. The summed E-state index contributed by atoms with van der Waals surface area (Å²) in [5.74, 6) is -0.353. The lowest BCUT2D eigenvalue weighted by Crippen LogP contribution is -2.41. The van der Waals surface area contributed by atoms with Gasteiger partial charge in [-0.25, -0.2) is 0 Å². The second-order valence-corrected chi connectivity index (χ2v) is 1.92. The van der Waals surface area contributed by atoms with Crippen LogP contribution in [0.3, 0.4) is 0 Å². The van der Waals surface area contributed by atoms with E-state index in [4.69, 9.17) is 10.2 Å². The molecule has 2 N–H and O–H groups in total. The van der Waals surface area contributed by atoms with Gasteiger partial charge >= 0.3 is 0 Å². The molecule has 2 atom stereocenters. The van der Waals surface area contributed by atoms with E-state index in [-0.39, 0.29) is 18.8 Å². The van der Waals surface area contributed by atoms with Crippen molar-refractivity contribution in [2.24, 2.45) is 0 Å². The van der Waals surface area contributed by atoms with Crippen LogP contribution in [-0.2, 0) is 9.53 Å². The van der Waals surface area contributed by atoms with Crippen LogP contribution in [0.25, 0.3) is 0 Å². The lowest BCUT2D eigenvalue weighted by atomic mass is 10.1. The van der Waals surface area contributed by atoms with Gasteiger partial charge in [-0.1, -0.05) is 0 Å². The largest absolute Gasteiger partial charge is 0.380 e. The van der Waals surface area contributed by atoms with Crippen molar-refractivity contribution in [3.63, 3.8) is 0 Å². The van der Waals surface area contributed by atoms with Crippen molar-refractivity contribution >= 4 is 5.78 Å². The highest BCUT2D eigenvalue weighted by atomic mass is 16.6. The number of ether oxygens (including phenoxy) is 1. The first-order valence-corrected chi connectivity index (χ1v) is 2.72. The van der Waals surface area contributed by atoms with Crippen molar-refractivity contribution in [2.45, 2.75) is 18.8 Å². The number of rotatable bonds is 0. The van der Waals surface area contributed by atoms with Crippen LogP contribution >= 0.6 is 0 Å². The maximum Gasteiger partial charge on any atom is 0.188 e. The third kappa shape index (κ3) is 1.27. The zero-order chi connectivity index (χ0) is 6.85. The van der Waals surface area contributed by atoms with Gasteiger partial charge in [0.2, 0.25) is 0 Å². The lowest BCUT2D eigenvalue weighted by molar-refractivity contribution is -0.189. The van der Waals surface area contributed by atoms with Gasteiger partial charge in [-0.05, 0) is 0 Å². The van der Waals surface area contributed by atoms with Crippen LogP contribution in [0.5, 0.6) is 0 Å². The second kappa shape index (κ2) is 2.43. The summed E-state index contributed by atoms with van der Waals surface area (Å²) >= 11 is 0. The van der Waals surface area contributed by atoms with Gasteiger partial charge < -0.3 is 14.9 Å². The van der Waals surface area contributed by atoms with Gasteiger partial charge in [0, 0.05) is 6.42 Å². The summed E-state index contributed by atoms with van der Waals surface area (Å²) in [7, 11) is 0. The number of aliphatic hydroxyl groups is 2. The Bertz CT molecular complexity index is 122. The monoisotopic (exact) mass is 132 g/mol. The molecular formula is C5H8O4. The Hall–Kier alpha value is -0.450. The SMILES string of the molecule is O=C1CCOC(O)C1O. The van der Waals surface area contributed by atoms with E-state index >= 15 is 0 Å². The molecule has 0 amide bonds. The molecule has 1 saturated heterocycles. The predicted octanol–water partition coefficient (Wildman–Crippen LogP) is -1.34. The Labute approximate surface area is 52.1 Å². The Morgan fingerprint density at radius 1 is 1.56 bits per heavy atom. The number of carbonyl (C=O) groups is 1. The van der Waals surface area contributed by atoms with Crippen molar-refractivity contribution in [2.75, 3.05) is 6.61 Å². The fourth-order valence-corrected chi connectivity index (χ4v) is 0.678. The van der Waals surface area contributed by atoms with E-state index in [1.165, 1.54) is 0 Å². The van der Waals surface area contributed by atoms with Gasteiger partial charge in [0.1, 0.15) is 0 Å². The molecule has 2 unspecified atom stereocenters.